The van der Waals surface area contributed by atoms with Crippen molar-refractivity contribution in [3.8, 4) is 5.88 Å². The average Bonchev–Trinajstić information content (AvgIpc) is 2.45. The Balaban J connectivity index is 2.24. The molecule has 0 atom stereocenters. The van der Waals surface area contributed by atoms with Crippen molar-refractivity contribution in [2.45, 2.75) is 20.4 Å². The minimum atomic E-state index is 0.457. The number of hydrogen-bond donors (Lipinski definition) is 1. The Morgan fingerprint density at radius 3 is 2.65 bits per heavy atom. The van der Waals surface area contributed by atoms with E-state index < -0.39 is 0 Å². The van der Waals surface area contributed by atoms with E-state index in [1.165, 1.54) is 0 Å². The molecule has 0 saturated carbocycles. The summed E-state index contributed by atoms with van der Waals surface area (Å²) in [5, 5.41) is 0. The third-order valence-corrected chi connectivity index (χ3v) is 3.07. The predicted molar refractivity (Wildman–Crippen MR) is 80.9 cm³/mol. The molecule has 5 nitrogen and oxygen atoms in total. The lowest BCUT2D eigenvalue weighted by atomic mass is 10.3. The van der Waals surface area contributed by atoms with Crippen LogP contribution in [0.4, 0.5) is 11.5 Å². The molecule has 0 radical (unpaired) electrons. The fourth-order valence-corrected chi connectivity index (χ4v) is 2.02. The summed E-state index contributed by atoms with van der Waals surface area (Å²) in [6.07, 6.45) is 0. The summed E-state index contributed by atoms with van der Waals surface area (Å²) < 4.78 is 5.17. The minimum Gasteiger partial charge on any atom is -0.479 e. The van der Waals surface area contributed by atoms with Gasteiger partial charge in [0.1, 0.15) is 5.82 Å². The van der Waals surface area contributed by atoms with Gasteiger partial charge in [0.2, 0.25) is 5.88 Å². The van der Waals surface area contributed by atoms with Crippen LogP contribution in [0.3, 0.4) is 0 Å². The highest BCUT2D eigenvalue weighted by atomic mass is 16.5. The Kier molecular flexibility index (Phi) is 4.40. The summed E-state index contributed by atoms with van der Waals surface area (Å²) in [7, 11) is 1.57. The molecule has 106 valence electrons. The van der Waals surface area contributed by atoms with E-state index in [1.54, 1.807) is 7.11 Å². The molecule has 2 aromatic heterocycles. The third kappa shape index (κ3) is 3.17. The van der Waals surface area contributed by atoms with E-state index in [2.05, 4.69) is 21.8 Å². The van der Waals surface area contributed by atoms with Gasteiger partial charge in [-0.1, -0.05) is 6.07 Å². The molecular formula is C15H20N4O. The number of rotatable bonds is 5. The highest BCUT2D eigenvalue weighted by Crippen LogP contribution is 2.23. The van der Waals surface area contributed by atoms with Crippen LogP contribution in [0.5, 0.6) is 5.88 Å². The van der Waals surface area contributed by atoms with Gasteiger partial charge in [-0.25, -0.2) is 0 Å². The zero-order valence-electron chi connectivity index (χ0n) is 12.1. The second kappa shape index (κ2) is 6.23. The molecule has 0 saturated heterocycles. The van der Waals surface area contributed by atoms with Gasteiger partial charge < -0.3 is 15.4 Å². The number of aryl methyl sites for hydroxylation is 1. The maximum atomic E-state index is 5.80. The zero-order valence-corrected chi connectivity index (χ0v) is 12.1. The van der Waals surface area contributed by atoms with Gasteiger partial charge in [-0.2, -0.15) is 4.98 Å². The highest BCUT2D eigenvalue weighted by molar-refractivity contribution is 5.54. The van der Waals surface area contributed by atoms with Crippen LogP contribution in [0, 0.1) is 6.92 Å². The van der Waals surface area contributed by atoms with Crippen LogP contribution in [-0.4, -0.2) is 23.6 Å². The Morgan fingerprint density at radius 1 is 1.20 bits per heavy atom. The van der Waals surface area contributed by atoms with Crippen molar-refractivity contribution < 1.29 is 4.74 Å². The molecule has 0 aliphatic carbocycles. The minimum absolute atomic E-state index is 0.457. The van der Waals surface area contributed by atoms with Gasteiger partial charge in [0, 0.05) is 12.2 Å². The van der Waals surface area contributed by atoms with E-state index in [4.69, 9.17) is 10.5 Å². The number of anilines is 2. The molecule has 5 heteroatoms. The largest absolute Gasteiger partial charge is 0.479 e. The number of nitrogens with zero attached hydrogens (tertiary/aromatic N) is 3. The number of methoxy groups -OCH3 is 1. The summed E-state index contributed by atoms with van der Waals surface area (Å²) in [5.41, 5.74) is 8.37. The van der Waals surface area contributed by atoms with Crippen LogP contribution in [0.25, 0.3) is 0 Å². The lowest BCUT2D eigenvalue weighted by Crippen LogP contribution is -2.24. The van der Waals surface area contributed by atoms with Crippen molar-refractivity contribution in [3.05, 3.63) is 41.7 Å². The first-order valence-corrected chi connectivity index (χ1v) is 6.62. The first-order valence-electron chi connectivity index (χ1n) is 6.62. The summed E-state index contributed by atoms with van der Waals surface area (Å²) >= 11 is 0. The second-order valence-electron chi connectivity index (χ2n) is 4.55. The van der Waals surface area contributed by atoms with Gasteiger partial charge in [-0.05, 0) is 38.1 Å². The summed E-state index contributed by atoms with van der Waals surface area (Å²) in [5.74, 6) is 1.29. The van der Waals surface area contributed by atoms with Crippen molar-refractivity contribution in [1.29, 1.82) is 0 Å². The van der Waals surface area contributed by atoms with Gasteiger partial charge in [0.05, 0.1) is 25.0 Å². The summed E-state index contributed by atoms with van der Waals surface area (Å²) in [4.78, 5) is 11.1. The SMILES string of the molecule is CCN(Cc1cccc(C)n1)c1ccc(N)c(OC)n1. The van der Waals surface area contributed by atoms with E-state index in [-0.39, 0.29) is 0 Å². The molecule has 0 aliphatic heterocycles. The quantitative estimate of drug-likeness (QED) is 0.905. The third-order valence-electron chi connectivity index (χ3n) is 3.07. The van der Waals surface area contributed by atoms with E-state index in [9.17, 15) is 0 Å². The molecule has 2 aromatic rings. The number of nitrogens with two attached hydrogens (primary N) is 1. The second-order valence-corrected chi connectivity index (χ2v) is 4.55. The molecule has 2 rings (SSSR count). The number of aromatic nitrogens is 2. The van der Waals surface area contributed by atoms with Crippen LogP contribution < -0.4 is 15.4 Å². The fourth-order valence-electron chi connectivity index (χ4n) is 2.02. The Labute approximate surface area is 119 Å². The van der Waals surface area contributed by atoms with Gasteiger partial charge in [-0.15, -0.1) is 0 Å². The van der Waals surface area contributed by atoms with E-state index in [1.807, 2.05) is 37.3 Å². The standard InChI is InChI=1S/C15H20N4O/c1-4-19(10-12-7-5-6-11(2)17-12)14-9-8-13(16)15(18-14)20-3/h5-9H,4,10,16H2,1-3H3. The maximum absolute atomic E-state index is 5.80. The monoisotopic (exact) mass is 272 g/mol. The number of hydrogen-bond acceptors (Lipinski definition) is 5. The molecule has 0 fully saturated rings. The van der Waals surface area contributed by atoms with E-state index in [0.29, 0.717) is 18.1 Å². The number of ether oxygens (including phenoxy) is 1. The highest BCUT2D eigenvalue weighted by Gasteiger charge is 2.10. The lowest BCUT2D eigenvalue weighted by molar-refractivity contribution is 0.400. The van der Waals surface area contributed by atoms with Gasteiger partial charge >= 0.3 is 0 Å². The van der Waals surface area contributed by atoms with Crippen molar-refractivity contribution in [2.24, 2.45) is 0 Å². The van der Waals surface area contributed by atoms with Gasteiger partial charge in [0.25, 0.3) is 0 Å². The van der Waals surface area contributed by atoms with Crippen LogP contribution in [0.2, 0.25) is 0 Å². The molecule has 0 unspecified atom stereocenters. The number of nitrogen functional groups attached to an aromatic ring is 1. The van der Waals surface area contributed by atoms with Gasteiger partial charge in [0.15, 0.2) is 0 Å². The Bertz CT molecular complexity index is 586. The van der Waals surface area contributed by atoms with Crippen molar-refractivity contribution in [3.63, 3.8) is 0 Å². The number of pyridine rings is 2. The summed E-state index contributed by atoms with van der Waals surface area (Å²) in [6, 6.07) is 9.74. The van der Waals surface area contributed by atoms with Crippen LogP contribution in [0.15, 0.2) is 30.3 Å². The average molecular weight is 272 g/mol. The normalized spacial score (nSPS) is 10.3. The Hall–Kier alpha value is -2.30. The Morgan fingerprint density at radius 2 is 2.00 bits per heavy atom. The first kappa shape index (κ1) is 14.1. The molecule has 0 amide bonds. The van der Waals surface area contributed by atoms with Gasteiger partial charge in [-0.3, -0.25) is 4.98 Å². The van der Waals surface area contributed by atoms with E-state index in [0.717, 1.165) is 23.8 Å². The fraction of sp³-hybridized carbons (Fsp3) is 0.333. The lowest BCUT2D eigenvalue weighted by Gasteiger charge is -2.22. The molecule has 0 bridgehead atoms. The molecule has 0 spiro atoms. The maximum Gasteiger partial charge on any atom is 0.238 e. The van der Waals surface area contributed by atoms with Crippen LogP contribution in [0.1, 0.15) is 18.3 Å². The molecule has 2 heterocycles. The van der Waals surface area contributed by atoms with Crippen molar-refractivity contribution in [2.75, 3.05) is 24.3 Å². The van der Waals surface area contributed by atoms with Crippen LogP contribution >= 0.6 is 0 Å². The van der Waals surface area contributed by atoms with Crippen molar-refractivity contribution in [1.82, 2.24) is 9.97 Å². The zero-order chi connectivity index (χ0) is 14.5. The van der Waals surface area contributed by atoms with E-state index >= 15 is 0 Å². The molecule has 0 aliphatic rings. The molecule has 2 N–H and O–H groups in total. The van der Waals surface area contributed by atoms with Crippen molar-refractivity contribution >= 4 is 11.5 Å². The van der Waals surface area contributed by atoms with Crippen LogP contribution in [-0.2, 0) is 6.54 Å². The molecular weight excluding hydrogens is 252 g/mol. The molecule has 0 aromatic carbocycles. The first-order chi connectivity index (χ1) is 9.63. The topological polar surface area (TPSA) is 64.3 Å². The summed E-state index contributed by atoms with van der Waals surface area (Å²) in [6.45, 7) is 5.61. The molecule has 20 heavy (non-hydrogen) atoms. The predicted octanol–water partition coefficient (Wildman–Crippen LogP) is 2.40. The smallest absolute Gasteiger partial charge is 0.238 e.